The largest absolute Gasteiger partial charge is 0.497 e. The molecule has 1 aromatic rings. The fourth-order valence-electron chi connectivity index (χ4n) is 3.17. The Balaban J connectivity index is 3.44. The van der Waals surface area contributed by atoms with Gasteiger partial charge in [0.15, 0.2) is 0 Å². The lowest BCUT2D eigenvalue weighted by atomic mass is 9.88. The van der Waals surface area contributed by atoms with E-state index in [1.165, 1.54) is 13.8 Å². The average molecular weight is 703 g/mol. The number of thioether (sulfide) groups is 1. The molecule has 1 aromatic carbocycles. The fraction of sp³-hybridized carbons (Fsp3) is 0.682. The number of rotatable bonds is 14. The molecule has 0 spiro atoms. The van der Waals surface area contributed by atoms with Gasteiger partial charge < -0.3 is 10.1 Å². The molecule has 0 heterocycles. The lowest BCUT2D eigenvalue weighted by molar-refractivity contribution is -0.461. The molecule has 1 N–H and O–H groups in total. The normalized spacial score (nSPS) is 15.4. The molecule has 256 valence electrons. The second-order valence-corrected chi connectivity index (χ2v) is 10.4. The summed E-state index contributed by atoms with van der Waals surface area (Å²) in [6.45, 7) is 2.68. The standard InChI is InChI=1S/C22H19F18NO2S/c1-9(2)41-14(42)13(11-5-4-10(43-3)8-12(11)23)44-7-6-15(24,25)16(26,27)17(28,29)18(30,31)19(32,33)20(34,35)21(36,37)22(38,39)40/h4-5,8-9,13H,6-7H2,1-3H3,(H,41,42). The number of halogens is 18. The molecule has 0 fully saturated rings. The molecule has 1 unspecified atom stereocenters. The molecule has 1 amide bonds. The van der Waals surface area contributed by atoms with Gasteiger partial charge in [0.05, 0.1) is 7.11 Å². The van der Waals surface area contributed by atoms with Crippen molar-refractivity contribution in [3.63, 3.8) is 0 Å². The topological polar surface area (TPSA) is 38.3 Å². The summed E-state index contributed by atoms with van der Waals surface area (Å²) in [6, 6.07) is 1.79. The molecule has 1 rings (SSSR count). The summed E-state index contributed by atoms with van der Waals surface area (Å²) in [5.41, 5.74) is -0.645. The van der Waals surface area contributed by atoms with Crippen molar-refractivity contribution in [2.75, 3.05) is 12.9 Å². The van der Waals surface area contributed by atoms with E-state index in [1.807, 2.05) is 0 Å². The second-order valence-electron chi connectivity index (χ2n) is 9.20. The number of hydrogen-bond acceptors (Lipinski definition) is 3. The first-order valence-corrected chi connectivity index (χ1v) is 12.4. The lowest BCUT2D eigenvalue weighted by Crippen LogP contribution is -2.74. The zero-order chi connectivity index (χ0) is 35.1. The van der Waals surface area contributed by atoms with Crippen molar-refractivity contribution in [1.82, 2.24) is 5.32 Å². The molecule has 3 nitrogen and oxygen atoms in total. The highest BCUT2D eigenvalue weighted by atomic mass is 32.2. The Hall–Kier alpha value is -2.42. The van der Waals surface area contributed by atoms with Gasteiger partial charge >= 0.3 is 47.6 Å². The lowest BCUT2D eigenvalue weighted by Gasteiger charge is -2.42. The molecule has 0 saturated heterocycles. The summed E-state index contributed by atoms with van der Waals surface area (Å²) >= 11 is -0.202. The van der Waals surface area contributed by atoms with Crippen molar-refractivity contribution >= 4 is 17.7 Å². The van der Waals surface area contributed by atoms with Crippen molar-refractivity contribution in [3.8, 4) is 5.75 Å². The predicted molar refractivity (Wildman–Crippen MR) is 117 cm³/mol. The monoisotopic (exact) mass is 703 g/mol. The number of amides is 1. The van der Waals surface area contributed by atoms with Gasteiger partial charge in [0.2, 0.25) is 5.91 Å². The zero-order valence-electron chi connectivity index (χ0n) is 21.8. The number of carbonyl (C=O) groups excluding carboxylic acids is 1. The van der Waals surface area contributed by atoms with Gasteiger partial charge in [0.25, 0.3) is 0 Å². The van der Waals surface area contributed by atoms with E-state index in [0.717, 1.165) is 19.2 Å². The van der Waals surface area contributed by atoms with Crippen LogP contribution < -0.4 is 10.1 Å². The van der Waals surface area contributed by atoms with E-state index < -0.39 is 88.4 Å². The molecule has 0 bridgehead atoms. The summed E-state index contributed by atoms with van der Waals surface area (Å²) in [6.07, 6.45) is -10.6. The van der Waals surface area contributed by atoms with Crippen LogP contribution in [0.2, 0.25) is 0 Å². The Bertz CT molecular complexity index is 1170. The van der Waals surface area contributed by atoms with Crippen LogP contribution >= 0.6 is 11.8 Å². The summed E-state index contributed by atoms with van der Waals surface area (Å²) < 4.78 is 248. The van der Waals surface area contributed by atoms with E-state index in [0.29, 0.717) is 6.07 Å². The van der Waals surface area contributed by atoms with Crippen LogP contribution in [0.4, 0.5) is 79.0 Å². The highest BCUT2D eigenvalue weighted by Gasteiger charge is 2.95. The van der Waals surface area contributed by atoms with Crippen LogP contribution in [0.1, 0.15) is 31.1 Å². The van der Waals surface area contributed by atoms with E-state index >= 15 is 0 Å². The van der Waals surface area contributed by atoms with Crippen molar-refractivity contribution in [3.05, 3.63) is 29.6 Å². The van der Waals surface area contributed by atoms with E-state index in [4.69, 9.17) is 4.74 Å². The van der Waals surface area contributed by atoms with E-state index in [-0.39, 0.29) is 17.5 Å². The molecule has 0 saturated carbocycles. The van der Waals surface area contributed by atoms with Crippen molar-refractivity contribution in [2.45, 2.75) is 79.2 Å². The second kappa shape index (κ2) is 12.4. The molecular weight excluding hydrogens is 684 g/mol. The van der Waals surface area contributed by atoms with Crippen LogP contribution in [-0.2, 0) is 4.79 Å². The van der Waals surface area contributed by atoms with Crippen LogP contribution in [0, 0.1) is 5.82 Å². The predicted octanol–water partition coefficient (Wildman–Crippen LogP) is 8.53. The molecular formula is C22H19F18NO2S. The van der Waals surface area contributed by atoms with Crippen LogP contribution in [0.15, 0.2) is 18.2 Å². The van der Waals surface area contributed by atoms with Crippen LogP contribution in [-0.4, -0.2) is 72.4 Å². The van der Waals surface area contributed by atoms with Gasteiger partial charge in [-0.1, -0.05) is 6.07 Å². The fourth-order valence-corrected chi connectivity index (χ4v) is 4.37. The number of nitrogens with one attached hydrogen (secondary N) is 1. The van der Waals surface area contributed by atoms with Gasteiger partial charge in [-0.25, -0.2) is 4.39 Å². The number of alkyl halides is 17. The molecule has 1 atom stereocenters. The van der Waals surface area contributed by atoms with Gasteiger partial charge in [-0.3, -0.25) is 4.79 Å². The van der Waals surface area contributed by atoms with Crippen molar-refractivity contribution < 1.29 is 88.6 Å². The quantitative estimate of drug-likeness (QED) is 0.198. The SMILES string of the molecule is COc1ccc(C(SCCC(F)(F)C(F)(F)C(F)(F)C(F)(F)C(F)(F)C(F)(F)C(F)(F)C(F)(F)F)C(=O)NC(C)C)c(F)c1. The van der Waals surface area contributed by atoms with Gasteiger partial charge in [-0.15, -0.1) is 11.8 Å². The van der Waals surface area contributed by atoms with Gasteiger partial charge in [0.1, 0.15) is 16.8 Å². The Kier molecular flexibility index (Phi) is 11.2. The third kappa shape index (κ3) is 6.59. The minimum atomic E-state index is -8.72. The zero-order valence-corrected chi connectivity index (χ0v) is 22.6. The first-order valence-electron chi connectivity index (χ1n) is 11.4. The molecule has 0 aliphatic rings. The highest BCUT2D eigenvalue weighted by Crippen LogP contribution is 2.64. The molecule has 22 heteroatoms. The minimum absolute atomic E-state index is 0.149. The summed E-state index contributed by atoms with van der Waals surface area (Å²) in [5, 5.41) is 0.208. The van der Waals surface area contributed by atoms with Gasteiger partial charge in [-0.2, -0.15) is 74.6 Å². The Morgan fingerprint density at radius 3 is 1.57 bits per heavy atom. The first-order chi connectivity index (χ1) is 19.4. The highest BCUT2D eigenvalue weighted by molar-refractivity contribution is 8.00. The Morgan fingerprint density at radius 1 is 0.750 bits per heavy atom. The van der Waals surface area contributed by atoms with Crippen molar-refractivity contribution in [1.29, 1.82) is 0 Å². The molecule has 0 aliphatic heterocycles. The Labute approximate surface area is 239 Å². The third-order valence-electron chi connectivity index (χ3n) is 5.65. The average Bonchev–Trinajstić information content (AvgIpc) is 2.84. The molecule has 44 heavy (non-hydrogen) atoms. The number of hydrogen-bond donors (Lipinski definition) is 1. The molecule has 0 radical (unpaired) electrons. The summed E-state index contributed by atoms with van der Waals surface area (Å²) in [7, 11) is 1.08. The van der Waals surface area contributed by atoms with E-state index in [1.54, 1.807) is 0 Å². The van der Waals surface area contributed by atoms with Gasteiger partial charge in [-0.05, 0) is 19.9 Å². The van der Waals surface area contributed by atoms with Gasteiger partial charge in [0, 0.05) is 29.8 Å². The van der Waals surface area contributed by atoms with E-state index in [2.05, 4.69) is 5.32 Å². The number of ether oxygens (including phenoxy) is 1. The van der Waals surface area contributed by atoms with E-state index in [9.17, 15) is 83.8 Å². The Morgan fingerprint density at radius 2 is 1.18 bits per heavy atom. The van der Waals surface area contributed by atoms with Crippen LogP contribution in [0.3, 0.4) is 0 Å². The number of benzene rings is 1. The third-order valence-corrected chi connectivity index (χ3v) is 6.89. The van der Waals surface area contributed by atoms with Crippen LogP contribution in [0.25, 0.3) is 0 Å². The van der Waals surface area contributed by atoms with Crippen molar-refractivity contribution in [2.24, 2.45) is 0 Å². The number of methoxy groups -OCH3 is 1. The smallest absolute Gasteiger partial charge is 0.460 e. The molecule has 0 aromatic heterocycles. The number of carbonyl (C=O) groups is 1. The summed E-state index contributed by atoms with van der Waals surface area (Å²) in [4.78, 5) is 12.5. The summed E-state index contributed by atoms with van der Waals surface area (Å²) in [5.74, 6) is -61.4. The first kappa shape index (κ1) is 39.6. The maximum absolute atomic E-state index is 14.5. The maximum Gasteiger partial charge on any atom is 0.460 e. The maximum atomic E-state index is 14.5. The molecule has 0 aliphatic carbocycles. The minimum Gasteiger partial charge on any atom is -0.497 e. The van der Waals surface area contributed by atoms with Crippen LogP contribution in [0.5, 0.6) is 5.75 Å².